The van der Waals surface area contributed by atoms with Gasteiger partial charge in [0.15, 0.2) is 0 Å². The molecule has 0 bridgehead atoms. The van der Waals surface area contributed by atoms with Crippen molar-refractivity contribution >= 4 is 35.0 Å². The molecular weight excluding hydrogens is 284 g/mol. The van der Waals surface area contributed by atoms with Crippen LogP contribution >= 0.6 is 11.6 Å². The minimum atomic E-state index is -0.0874. The van der Waals surface area contributed by atoms with Crippen LogP contribution in [0.3, 0.4) is 0 Å². The van der Waals surface area contributed by atoms with Gasteiger partial charge in [0.25, 0.3) is 0 Å². The molecule has 0 heterocycles. The normalized spacial score (nSPS) is 9.81. The van der Waals surface area contributed by atoms with E-state index in [0.717, 1.165) is 5.69 Å². The first-order valence-electron chi connectivity index (χ1n) is 6.52. The van der Waals surface area contributed by atoms with E-state index in [1.807, 2.05) is 42.5 Å². The summed E-state index contributed by atoms with van der Waals surface area (Å²) in [5, 5.41) is 2.63. The van der Waals surface area contributed by atoms with Gasteiger partial charge >= 0.3 is 0 Å². The lowest BCUT2D eigenvalue weighted by Crippen LogP contribution is -2.05. The van der Waals surface area contributed by atoms with Crippen molar-refractivity contribution in [2.24, 2.45) is 0 Å². The summed E-state index contributed by atoms with van der Waals surface area (Å²) < 4.78 is 0. The average Bonchev–Trinajstić information content (AvgIpc) is 2.46. The predicted octanol–water partition coefficient (Wildman–Crippen LogP) is 4.17. The number of anilines is 2. The minimum Gasteiger partial charge on any atom is -0.399 e. The largest absolute Gasteiger partial charge is 0.399 e. The van der Waals surface area contributed by atoms with Gasteiger partial charge in [-0.2, -0.15) is 0 Å². The number of nitrogens with two attached hydrogens (primary N) is 1. The van der Waals surface area contributed by atoms with E-state index in [9.17, 15) is 4.79 Å². The maximum Gasteiger partial charge on any atom is 0.221 e. The monoisotopic (exact) mass is 302 g/mol. The number of nitrogens with one attached hydrogen (secondary N) is 1. The van der Waals surface area contributed by atoms with Crippen molar-refractivity contribution in [2.45, 2.75) is 6.92 Å². The van der Waals surface area contributed by atoms with Crippen molar-refractivity contribution in [3.05, 3.63) is 66.2 Å². The molecule has 0 radical (unpaired) electrons. The zero-order chi connectivity index (χ0) is 15.5. The summed E-state index contributed by atoms with van der Waals surface area (Å²) >= 11 is 5.46. The third-order valence-electron chi connectivity index (χ3n) is 2.41. The number of rotatable bonds is 3. The number of nitrogen functional groups attached to an aromatic ring is 1. The molecule has 3 N–H and O–H groups in total. The molecule has 0 aliphatic carbocycles. The second-order valence-electron chi connectivity index (χ2n) is 4.27. The Labute approximate surface area is 130 Å². The lowest BCUT2D eigenvalue weighted by molar-refractivity contribution is -0.114. The molecule has 0 aromatic heterocycles. The van der Waals surface area contributed by atoms with Crippen LogP contribution in [0.1, 0.15) is 12.5 Å². The Balaban J connectivity index is 0.000000211. The van der Waals surface area contributed by atoms with Crippen molar-refractivity contribution in [1.29, 1.82) is 0 Å². The van der Waals surface area contributed by atoms with Crippen molar-refractivity contribution < 1.29 is 4.79 Å². The van der Waals surface area contributed by atoms with Crippen LogP contribution in [0.15, 0.2) is 60.7 Å². The second-order valence-corrected chi connectivity index (χ2v) is 4.58. The van der Waals surface area contributed by atoms with Crippen LogP contribution in [0.25, 0.3) is 6.08 Å². The van der Waals surface area contributed by atoms with Crippen LogP contribution in [0.4, 0.5) is 11.4 Å². The van der Waals surface area contributed by atoms with E-state index in [2.05, 4.69) is 5.32 Å². The first kappa shape index (κ1) is 16.8. The van der Waals surface area contributed by atoms with Crippen LogP contribution < -0.4 is 11.1 Å². The standard InChI is InChI=1S/C9H9Cl.C8H10N2O/c10-8-4-7-9-5-2-1-3-6-9;1-6(11)10-8-4-2-3-7(9)5-8/h1-7H,8H2;2-5H,9H2,1H3,(H,10,11). The molecule has 2 aromatic carbocycles. The van der Waals surface area contributed by atoms with Gasteiger partial charge in [-0.3, -0.25) is 4.79 Å². The van der Waals surface area contributed by atoms with E-state index in [1.54, 1.807) is 24.3 Å². The zero-order valence-corrected chi connectivity index (χ0v) is 12.7. The highest BCUT2D eigenvalue weighted by molar-refractivity contribution is 6.19. The Morgan fingerprint density at radius 2 is 1.90 bits per heavy atom. The molecule has 0 atom stereocenters. The molecule has 2 rings (SSSR count). The molecule has 110 valence electrons. The Morgan fingerprint density at radius 3 is 2.48 bits per heavy atom. The molecule has 3 nitrogen and oxygen atoms in total. The fraction of sp³-hybridized carbons (Fsp3) is 0.118. The van der Waals surface area contributed by atoms with E-state index in [1.165, 1.54) is 12.5 Å². The molecule has 4 heteroatoms. The zero-order valence-electron chi connectivity index (χ0n) is 11.9. The molecule has 0 saturated carbocycles. The molecule has 21 heavy (non-hydrogen) atoms. The van der Waals surface area contributed by atoms with Crippen LogP contribution in [0, 0.1) is 0 Å². The molecule has 2 aromatic rings. The first-order chi connectivity index (χ1) is 10.1. The van der Waals surface area contributed by atoms with E-state index in [0.29, 0.717) is 11.6 Å². The Hall–Kier alpha value is -2.26. The second kappa shape index (κ2) is 9.61. The summed E-state index contributed by atoms with van der Waals surface area (Å²) in [6.07, 6.45) is 3.93. The number of halogens is 1. The summed E-state index contributed by atoms with van der Waals surface area (Å²) in [4.78, 5) is 10.6. The van der Waals surface area contributed by atoms with Gasteiger partial charge in [-0.1, -0.05) is 48.6 Å². The van der Waals surface area contributed by atoms with Crippen molar-refractivity contribution in [1.82, 2.24) is 0 Å². The molecule has 0 spiro atoms. The van der Waals surface area contributed by atoms with Crippen molar-refractivity contribution in [3.63, 3.8) is 0 Å². The third-order valence-corrected chi connectivity index (χ3v) is 2.58. The van der Waals surface area contributed by atoms with Crippen LogP contribution in [0.5, 0.6) is 0 Å². The number of allylic oxidation sites excluding steroid dienone is 1. The molecule has 0 saturated heterocycles. The Bertz CT molecular complexity index is 582. The fourth-order valence-corrected chi connectivity index (χ4v) is 1.65. The highest BCUT2D eigenvalue weighted by Gasteiger charge is 1.93. The summed E-state index contributed by atoms with van der Waals surface area (Å²) in [6.45, 7) is 1.46. The number of alkyl halides is 1. The number of carbonyl (C=O) groups is 1. The quantitative estimate of drug-likeness (QED) is 0.660. The van der Waals surface area contributed by atoms with Crippen LogP contribution in [-0.4, -0.2) is 11.8 Å². The van der Waals surface area contributed by atoms with Crippen LogP contribution in [-0.2, 0) is 4.79 Å². The van der Waals surface area contributed by atoms with Crippen molar-refractivity contribution in [2.75, 3.05) is 16.9 Å². The van der Waals surface area contributed by atoms with Gasteiger partial charge in [-0.15, -0.1) is 11.6 Å². The maximum atomic E-state index is 10.6. The summed E-state index contributed by atoms with van der Waals surface area (Å²) in [7, 11) is 0. The third kappa shape index (κ3) is 7.80. The number of amides is 1. The molecule has 0 unspecified atom stereocenters. The highest BCUT2D eigenvalue weighted by Crippen LogP contribution is 2.10. The fourth-order valence-electron chi connectivity index (χ4n) is 1.56. The highest BCUT2D eigenvalue weighted by atomic mass is 35.5. The predicted molar refractivity (Wildman–Crippen MR) is 91.4 cm³/mol. The minimum absolute atomic E-state index is 0.0874. The lowest BCUT2D eigenvalue weighted by Gasteiger charge is -2.01. The van der Waals surface area contributed by atoms with E-state index in [4.69, 9.17) is 17.3 Å². The van der Waals surface area contributed by atoms with Gasteiger partial charge in [-0.25, -0.2) is 0 Å². The smallest absolute Gasteiger partial charge is 0.221 e. The summed E-state index contributed by atoms with van der Waals surface area (Å²) in [6, 6.07) is 17.2. The lowest BCUT2D eigenvalue weighted by atomic mass is 10.2. The van der Waals surface area contributed by atoms with Crippen molar-refractivity contribution in [3.8, 4) is 0 Å². The van der Waals surface area contributed by atoms with E-state index in [-0.39, 0.29) is 5.91 Å². The van der Waals surface area contributed by atoms with Gasteiger partial charge in [0.2, 0.25) is 5.91 Å². The Kier molecular flexibility index (Phi) is 7.69. The maximum absolute atomic E-state index is 10.6. The van der Waals surface area contributed by atoms with E-state index >= 15 is 0 Å². The summed E-state index contributed by atoms with van der Waals surface area (Å²) in [5.41, 5.74) is 8.06. The first-order valence-corrected chi connectivity index (χ1v) is 7.06. The van der Waals surface area contributed by atoms with Gasteiger partial charge < -0.3 is 11.1 Å². The molecule has 0 fully saturated rings. The number of benzene rings is 2. The average molecular weight is 303 g/mol. The molecule has 0 aliphatic heterocycles. The topological polar surface area (TPSA) is 55.1 Å². The molecule has 0 aliphatic rings. The van der Waals surface area contributed by atoms with Gasteiger partial charge in [0, 0.05) is 24.2 Å². The summed E-state index contributed by atoms with van der Waals surface area (Å²) in [5.74, 6) is 0.491. The molecular formula is C17H19ClN2O. The number of carbonyl (C=O) groups excluding carboxylic acids is 1. The Morgan fingerprint density at radius 1 is 1.19 bits per heavy atom. The number of hydrogen-bond acceptors (Lipinski definition) is 2. The van der Waals surface area contributed by atoms with Crippen LogP contribution in [0.2, 0.25) is 0 Å². The number of hydrogen-bond donors (Lipinski definition) is 2. The molecule has 1 amide bonds. The SMILES string of the molecule is CC(=O)Nc1cccc(N)c1.ClCC=Cc1ccccc1. The van der Waals surface area contributed by atoms with Gasteiger partial charge in [-0.05, 0) is 23.8 Å². The van der Waals surface area contributed by atoms with Gasteiger partial charge in [0.05, 0.1) is 0 Å². The van der Waals surface area contributed by atoms with E-state index < -0.39 is 0 Å². The van der Waals surface area contributed by atoms with Gasteiger partial charge in [0.1, 0.15) is 0 Å².